The van der Waals surface area contributed by atoms with Crippen LogP contribution in [0.5, 0.6) is 11.5 Å². The third-order valence-corrected chi connectivity index (χ3v) is 6.65. The molecule has 0 unspecified atom stereocenters. The number of rotatable bonds is 7. The highest BCUT2D eigenvalue weighted by molar-refractivity contribution is 8.00. The van der Waals surface area contributed by atoms with Crippen molar-refractivity contribution in [2.75, 3.05) is 14.2 Å². The van der Waals surface area contributed by atoms with Gasteiger partial charge in [-0.25, -0.2) is 0 Å². The predicted octanol–water partition coefficient (Wildman–Crippen LogP) is 4.18. The van der Waals surface area contributed by atoms with Gasteiger partial charge in [0, 0.05) is 11.6 Å². The molecule has 1 aliphatic carbocycles. The Kier molecular flexibility index (Phi) is 7.05. The van der Waals surface area contributed by atoms with Crippen LogP contribution < -0.4 is 14.8 Å². The van der Waals surface area contributed by atoms with Crippen molar-refractivity contribution < 1.29 is 18.7 Å². The van der Waals surface area contributed by atoms with Crippen molar-refractivity contribution in [2.45, 2.75) is 56.5 Å². The van der Waals surface area contributed by atoms with Crippen molar-refractivity contribution in [2.24, 2.45) is 11.8 Å². The molecular weight excluding hydrogens is 390 g/mol. The molecule has 1 heterocycles. The Labute approximate surface area is 175 Å². The predicted molar refractivity (Wildman–Crippen MR) is 112 cm³/mol. The van der Waals surface area contributed by atoms with E-state index in [1.165, 1.54) is 18.2 Å². The second kappa shape index (κ2) is 9.52. The lowest BCUT2D eigenvalue weighted by Crippen LogP contribution is -2.46. The second-order valence-electron chi connectivity index (χ2n) is 7.59. The summed E-state index contributed by atoms with van der Waals surface area (Å²) in [7, 11) is 3.16. The number of methoxy groups -OCH3 is 2. The average Bonchev–Trinajstić information content (AvgIpc) is 3.19. The fourth-order valence-electron chi connectivity index (χ4n) is 3.63. The molecule has 0 saturated heterocycles. The number of hydrogen-bond donors (Lipinski definition) is 1. The number of carbonyl (C=O) groups excluding carboxylic acids is 1. The summed E-state index contributed by atoms with van der Waals surface area (Å²) in [4.78, 5) is 12.6. The van der Waals surface area contributed by atoms with Gasteiger partial charge in [-0.15, -0.1) is 10.2 Å². The van der Waals surface area contributed by atoms with Crippen molar-refractivity contribution in [1.82, 2.24) is 15.5 Å². The molecule has 1 aromatic heterocycles. The van der Waals surface area contributed by atoms with Crippen LogP contribution in [0.2, 0.25) is 0 Å². The lowest BCUT2D eigenvalue weighted by molar-refractivity contribution is -0.121. The first-order valence-electron chi connectivity index (χ1n) is 9.95. The van der Waals surface area contributed by atoms with Gasteiger partial charge in [0.25, 0.3) is 5.22 Å². The largest absolute Gasteiger partial charge is 0.493 e. The summed E-state index contributed by atoms with van der Waals surface area (Å²) in [5.41, 5.74) is 0.726. The standard InChI is InChI=1S/C21H29N3O4S/c1-12-7-6-8-16(13(12)2)22-19(25)14(3)29-21-24-23-20(28-21)15-9-10-17(26-4)18(11-15)27-5/h9-14,16H,6-8H2,1-5H3,(H,22,25)/t12-,13+,14+,16+/m0/s1. The van der Waals surface area contributed by atoms with E-state index in [1.54, 1.807) is 26.4 Å². The number of aromatic nitrogens is 2. The number of nitrogens with zero attached hydrogens (tertiary/aromatic N) is 2. The molecule has 2 aromatic rings. The smallest absolute Gasteiger partial charge is 0.277 e. The monoisotopic (exact) mass is 419 g/mol. The van der Waals surface area contributed by atoms with E-state index >= 15 is 0 Å². The molecule has 1 N–H and O–H groups in total. The zero-order chi connectivity index (χ0) is 21.0. The van der Waals surface area contributed by atoms with E-state index < -0.39 is 0 Å². The third kappa shape index (κ3) is 5.04. The van der Waals surface area contributed by atoms with Gasteiger partial charge >= 0.3 is 0 Å². The number of benzene rings is 1. The normalized spacial score (nSPS) is 22.7. The SMILES string of the molecule is COc1ccc(-c2nnc(S[C@H](C)C(=O)N[C@@H]3CCC[C@H](C)[C@H]3C)o2)cc1OC. The lowest BCUT2D eigenvalue weighted by atomic mass is 9.78. The number of thioether (sulfide) groups is 1. The van der Waals surface area contributed by atoms with Crippen LogP contribution in [-0.4, -0.2) is 41.6 Å². The van der Waals surface area contributed by atoms with Gasteiger partial charge in [0.1, 0.15) is 0 Å². The van der Waals surface area contributed by atoms with E-state index in [2.05, 4.69) is 29.4 Å². The summed E-state index contributed by atoms with van der Waals surface area (Å²) < 4.78 is 16.3. The maximum atomic E-state index is 12.6. The molecule has 29 heavy (non-hydrogen) atoms. The minimum absolute atomic E-state index is 0.00631. The lowest BCUT2D eigenvalue weighted by Gasteiger charge is -2.35. The molecule has 3 rings (SSSR count). The van der Waals surface area contributed by atoms with Crippen LogP contribution in [0, 0.1) is 11.8 Å². The van der Waals surface area contributed by atoms with E-state index in [-0.39, 0.29) is 17.2 Å². The van der Waals surface area contributed by atoms with Gasteiger partial charge in [0.15, 0.2) is 11.5 Å². The molecule has 4 atom stereocenters. The fourth-order valence-corrected chi connectivity index (χ4v) is 4.33. The first kappa shape index (κ1) is 21.5. The number of ether oxygens (including phenoxy) is 2. The summed E-state index contributed by atoms with van der Waals surface area (Å²) in [5, 5.41) is 11.4. The number of hydrogen-bond acceptors (Lipinski definition) is 7. The second-order valence-corrected chi connectivity index (χ2v) is 8.88. The number of carbonyl (C=O) groups is 1. The maximum absolute atomic E-state index is 12.6. The van der Waals surface area contributed by atoms with Gasteiger partial charge in [-0.3, -0.25) is 4.79 Å². The molecule has 1 saturated carbocycles. The zero-order valence-corrected chi connectivity index (χ0v) is 18.4. The highest BCUT2D eigenvalue weighted by Crippen LogP contribution is 2.34. The van der Waals surface area contributed by atoms with E-state index in [0.717, 1.165) is 18.4 Å². The Balaban J connectivity index is 1.63. The third-order valence-electron chi connectivity index (χ3n) is 5.72. The van der Waals surface area contributed by atoms with Crippen LogP contribution in [0.3, 0.4) is 0 Å². The molecule has 0 aliphatic heterocycles. The van der Waals surface area contributed by atoms with Crippen LogP contribution in [0.25, 0.3) is 11.5 Å². The number of nitrogens with one attached hydrogen (secondary N) is 1. The molecular formula is C21H29N3O4S. The van der Waals surface area contributed by atoms with E-state index in [4.69, 9.17) is 13.9 Å². The Bertz CT molecular complexity index is 841. The molecule has 1 aromatic carbocycles. The first-order valence-corrected chi connectivity index (χ1v) is 10.8. The Morgan fingerprint density at radius 1 is 1.21 bits per heavy atom. The highest BCUT2D eigenvalue weighted by Gasteiger charge is 2.30. The van der Waals surface area contributed by atoms with Crippen molar-refractivity contribution in [3.63, 3.8) is 0 Å². The summed E-state index contributed by atoms with van der Waals surface area (Å²) >= 11 is 1.27. The van der Waals surface area contributed by atoms with Crippen molar-refractivity contribution in [3.05, 3.63) is 18.2 Å². The van der Waals surface area contributed by atoms with Gasteiger partial charge in [-0.05, 0) is 43.4 Å². The van der Waals surface area contributed by atoms with Gasteiger partial charge in [0.2, 0.25) is 11.8 Å². The van der Waals surface area contributed by atoms with Crippen molar-refractivity contribution in [1.29, 1.82) is 0 Å². The van der Waals surface area contributed by atoms with Crippen LogP contribution in [-0.2, 0) is 4.79 Å². The van der Waals surface area contributed by atoms with Crippen LogP contribution in [0.4, 0.5) is 0 Å². The Hall–Kier alpha value is -2.22. The number of amides is 1. The van der Waals surface area contributed by atoms with Gasteiger partial charge in [-0.1, -0.05) is 38.5 Å². The zero-order valence-electron chi connectivity index (χ0n) is 17.6. The van der Waals surface area contributed by atoms with Crippen LogP contribution >= 0.6 is 11.8 Å². The molecule has 1 amide bonds. The van der Waals surface area contributed by atoms with Crippen molar-refractivity contribution in [3.8, 4) is 23.0 Å². The summed E-state index contributed by atoms with van der Waals surface area (Å²) in [6.07, 6.45) is 3.44. The molecule has 1 aliphatic rings. The molecule has 7 nitrogen and oxygen atoms in total. The Morgan fingerprint density at radius 2 is 1.97 bits per heavy atom. The van der Waals surface area contributed by atoms with Gasteiger partial charge in [-0.2, -0.15) is 0 Å². The molecule has 0 bridgehead atoms. The molecule has 158 valence electrons. The first-order chi connectivity index (χ1) is 13.9. The molecule has 0 spiro atoms. The minimum atomic E-state index is -0.321. The summed E-state index contributed by atoms with van der Waals surface area (Å²) in [6, 6.07) is 5.63. The van der Waals surface area contributed by atoms with E-state index in [1.807, 2.05) is 13.0 Å². The van der Waals surface area contributed by atoms with Gasteiger partial charge < -0.3 is 19.2 Å². The maximum Gasteiger partial charge on any atom is 0.277 e. The van der Waals surface area contributed by atoms with E-state index in [0.29, 0.717) is 34.4 Å². The molecule has 1 fully saturated rings. The quantitative estimate of drug-likeness (QED) is 0.674. The van der Waals surface area contributed by atoms with Crippen molar-refractivity contribution >= 4 is 17.7 Å². The fraction of sp³-hybridized carbons (Fsp3) is 0.571. The average molecular weight is 420 g/mol. The topological polar surface area (TPSA) is 86.5 Å². The minimum Gasteiger partial charge on any atom is -0.493 e. The Morgan fingerprint density at radius 3 is 2.69 bits per heavy atom. The highest BCUT2D eigenvalue weighted by atomic mass is 32.2. The molecule has 8 heteroatoms. The molecule has 0 radical (unpaired) electrons. The summed E-state index contributed by atoms with van der Waals surface area (Å²) in [6.45, 7) is 6.34. The van der Waals surface area contributed by atoms with Crippen LogP contribution in [0.1, 0.15) is 40.0 Å². The van der Waals surface area contributed by atoms with Crippen LogP contribution in [0.15, 0.2) is 27.8 Å². The summed E-state index contributed by atoms with van der Waals surface area (Å²) in [5.74, 6) is 2.72. The van der Waals surface area contributed by atoms with Gasteiger partial charge in [0.05, 0.1) is 19.5 Å². The van der Waals surface area contributed by atoms with E-state index in [9.17, 15) is 4.79 Å².